The first-order chi connectivity index (χ1) is 9.24. The lowest BCUT2D eigenvalue weighted by atomic mass is 10.3. The highest BCUT2D eigenvalue weighted by Crippen LogP contribution is 2.07. The molecule has 0 heterocycles. The third kappa shape index (κ3) is 6.79. The van der Waals surface area contributed by atoms with Gasteiger partial charge in [-0.2, -0.15) is 0 Å². The Morgan fingerprint density at radius 2 is 2.00 bits per heavy atom. The fraction of sp³-hybridized carbons (Fsp3) is 0.500. The molecule has 0 unspecified atom stereocenters. The molecule has 1 amide bonds. The number of rotatable bonds is 9. The van der Waals surface area contributed by atoms with Crippen molar-refractivity contribution < 1.29 is 14.3 Å². The van der Waals surface area contributed by atoms with Crippen molar-refractivity contribution in [3.8, 4) is 5.75 Å². The van der Waals surface area contributed by atoms with E-state index < -0.39 is 0 Å². The van der Waals surface area contributed by atoms with Crippen LogP contribution < -0.4 is 10.1 Å². The molecule has 0 fully saturated rings. The molecular formula is C14H22N2O3. The van der Waals surface area contributed by atoms with Crippen LogP contribution in [0.1, 0.15) is 0 Å². The molecule has 0 bridgehead atoms. The average molecular weight is 266 g/mol. The summed E-state index contributed by atoms with van der Waals surface area (Å²) in [6.45, 7) is 2.40. The lowest BCUT2D eigenvalue weighted by Crippen LogP contribution is -2.35. The molecule has 0 aliphatic rings. The summed E-state index contributed by atoms with van der Waals surface area (Å²) in [7, 11) is 3.62. The third-order valence-corrected chi connectivity index (χ3v) is 2.59. The van der Waals surface area contributed by atoms with Crippen molar-refractivity contribution in [3.05, 3.63) is 30.3 Å². The molecule has 19 heavy (non-hydrogen) atoms. The Hall–Kier alpha value is -1.59. The van der Waals surface area contributed by atoms with Gasteiger partial charge in [0.2, 0.25) is 5.91 Å². The molecule has 0 aliphatic heterocycles. The quantitative estimate of drug-likeness (QED) is 0.670. The molecule has 1 N–H and O–H groups in total. The molecule has 1 rings (SSSR count). The molecule has 0 aliphatic carbocycles. The maximum Gasteiger partial charge on any atom is 0.248 e. The van der Waals surface area contributed by atoms with Crippen LogP contribution in [0.3, 0.4) is 0 Å². The zero-order valence-electron chi connectivity index (χ0n) is 11.6. The topological polar surface area (TPSA) is 50.8 Å². The number of amides is 1. The lowest BCUT2D eigenvalue weighted by molar-refractivity contribution is -0.134. The van der Waals surface area contributed by atoms with Gasteiger partial charge in [0.25, 0.3) is 0 Å². The van der Waals surface area contributed by atoms with Gasteiger partial charge in [-0.05, 0) is 19.2 Å². The van der Waals surface area contributed by atoms with E-state index in [1.165, 1.54) is 0 Å². The van der Waals surface area contributed by atoms with E-state index in [0.29, 0.717) is 19.8 Å². The highest BCUT2D eigenvalue weighted by atomic mass is 16.5. The van der Waals surface area contributed by atoms with Gasteiger partial charge in [0.15, 0.2) is 0 Å². The highest BCUT2D eigenvalue weighted by molar-refractivity contribution is 5.77. The van der Waals surface area contributed by atoms with Gasteiger partial charge < -0.3 is 19.7 Å². The smallest absolute Gasteiger partial charge is 0.248 e. The maximum absolute atomic E-state index is 11.6. The standard InChI is InChI=1S/C14H22N2O3/c1-15-8-9-16(2)14(17)12-18-10-11-19-13-6-4-3-5-7-13/h3-7,15H,8-12H2,1-2H3. The Kier molecular flexibility index (Phi) is 7.62. The van der Waals surface area contributed by atoms with E-state index in [2.05, 4.69) is 5.32 Å². The minimum atomic E-state index is -0.0186. The molecule has 0 aromatic heterocycles. The van der Waals surface area contributed by atoms with E-state index >= 15 is 0 Å². The number of carbonyl (C=O) groups is 1. The summed E-state index contributed by atoms with van der Waals surface area (Å²) >= 11 is 0. The highest BCUT2D eigenvalue weighted by Gasteiger charge is 2.07. The van der Waals surface area contributed by atoms with Gasteiger partial charge in [0.1, 0.15) is 19.0 Å². The van der Waals surface area contributed by atoms with Crippen LogP contribution in [-0.4, -0.2) is 57.8 Å². The number of nitrogens with one attached hydrogen (secondary N) is 1. The molecule has 0 atom stereocenters. The van der Waals surface area contributed by atoms with Crippen molar-refractivity contribution in [1.29, 1.82) is 0 Å². The van der Waals surface area contributed by atoms with Crippen LogP contribution in [0, 0.1) is 0 Å². The van der Waals surface area contributed by atoms with Crippen molar-refractivity contribution in [2.75, 3.05) is 47.0 Å². The summed E-state index contributed by atoms with van der Waals surface area (Å²) in [5.74, 6) is 0.790. The minimum absolute atomic E-state index is 0.0186. The number of likely N-dealkylation sites (N-methyl/N-ethyl adjacent to an activating group) is 2. The molecule has 1 aromatic rings. The van der Waals surface area contributed by atoms with Gasteiger partial charge in [-0.3, -0.25) is 4.79 Å². The van der Waals surface area contributed by atoms with Gasteiger partial charge in [-0.1, -0.05) is 18.2 Å². The molecule has 0 spiro atoms. The van der Waals surface area contributed by atoms with E-state index in [-0.39, 0.29) is 12.5 Å². The number of ether oxygens (including phenoxy) is 2. The average Bonchev–Trinajstić information content (AvgIpc) is 2.45. The van der Waals surface area contributed by atoms with Crippen LogP contribution in [0.15, 0.2) is 30.3 Å². The monoisotopic (exact) mass is 266 g/mol. The molecule has 0 radical (unpaired) electrons. The molecule has 0 saturated heterocycles. The van der Waals surface area contributed by atoms with E-state index in [4.69, 9.17) is 9.47 Å². The molecular weight excluding hydrogens is 244 g/mol. The fourth-order valence-electron chi connectivity index (χ4n) is 1.41. The summed E-state index contributed by atoms with van der Waals surface area (Å²) in [6, 6.07) is 9.53. The Bertz CT molecular complexity index is 357. The Morgan fingerprint density at radius 1 is 1.26 bits per heavy atom. The molecule has 0 saturated carbocycles. The SMILES string of the molecule is CNCCN(C)C(=O)COCCOc1ccccc1. The zero-order valence-corrected chi connectivity index (χ0v) is 11.6. The van der Waals surface area contributed by atoms with Crippen molar-refractivity contribution >= 4 is 5.91 Å². The number of para-hydroxylation sites is 1. The number of nitrogens with zero attached hydrogens (tertiary/aromatic N) is 1. The maximum atomic E-state index is 11.6. The molecule has 5 heteroatoms. The van der Waals surface area contributed by atoms with E-state index in [1.807, 2.05) is 37.4 Å². The first-order valence-corrected chi connectivity index (χ1v) is 6.38. The van der Waals surface area contributed by atoms with Gasteiger partial charge in [0.05, 0.1) is 6.61 Å². The number of carbonyl (C=O) groups excluding carboxylic acids is 1. The van der Waals surface area contributed by atoms with Crippen LogP contribution >= 0.6 is 0 Å². The first kappa shape index (κ1) is 15.5. The van der Waals surface area contributed by atoms with E-state index in [1.54, 1.807) is 11.9 Å². The number of benzene rings is 1. The van der Waals surface area contributed by atoms with Gasteiger partial charge in [0, 0.05) is 20.1 Å². The van der Waals surface area contributed by atoms with Crippen molar-refractivity contribution in [2.45, 2.75) is 0 Å². The number of hydrogen-bond acceptors (Lipinski definition) is 4. The Balaban J connectivity index is 2.05. The molecule has 5 nitrogen and oxygen atoms in total. The summed E-state index contributed by atoms with van der Waals surface area (Å²) in [6.07, 6.45) is 0. The zero-order chi connectivity index (χ0) is 13.9. The normalized spacial score (nSPS) is 10.2. The van der Waals surface area contributed by atoms with E-state index in [0.717, 1.165) is 12.3 Å². The van der Waals surface area contributed by atoms with Gasteiger partial charge in [-0.25, -0.2) is 0 Å². The first-order valence-electron chi connectivity index (χ1n) is 6.38. The summed E-state index contributed by atoms with van der Waals surface area (Å²) in [5, 5.41) is 2.99. The Labute approximate surface area is 114 Å². The fourth-order valence-corrected chi connectivity index (χ4v) is 1.41. The van der Waals surface area contributed by atoms with Crippen molar-refractivity contribution in [3.63, 3.8) is 0 Å². The number of hydrogen-bond donors (Lipinski definition) is 1. The molecule has 1 aromatic carbocycles. The second-order valence-corrected chi connectivity index (χ2v) is 4.13. The van der Waals surface area contributed by atoms with E-state index in [9.17, 15) is 4.79 Å². The summed E-state index contributed by atoms with van der Waals surface area (Å²) in [4.78, 5) is 13.3. The van der Waals surface area contributed by atoms with Crippen LogP contribution in [0.5, 0.6) is 5.75 Å². The second kappa shape index (κ2) is 9.35. The van der Waals surface area contributed by atoms with Crippen LogP contribution in [0.2, 0.25) is 0 Å². The third-order valence-electron chi connectivity index (χ3n) is 2.59. The Morgan fingerprint density at radius 3 is 2.68 bits per heavy atom. The van der Waals surface area contributed by atoms with Crippen molar-refractivity contribution in [2.24, 2.45) is 0 Å². The second-order valence-electron chi connectivity index (χ2n) is 4.13. The van der Waals surface area contributed by atoms with Gasteiger partial charge in [-0.15, -0.1) is 0 Å². The lowest BCUT2D eigenvalue weighted by Gasteiger charge is -2.16. The largest absolute Gasteiger partial charge is 0.491 e. The predicted molar refractivity (Wildman–Crippen MR) is 74.3 cm³/mol. The molecule has 106 valence electrons. The minimum Gasteiger partial charge on any atom is -0.491 e. The van der Waals surface area contributed by atoms with Gasteiger partial charge >= 0.3 is 0 Å². The summed E-state index contributed by atoms with van der Waals surface area (Å²) in [5.41, 5.74) is 0. The summed E-state index contributed by atoms with van der Waals surface area (Å²) < 4.78 is 10.7. The van der Waals surface area contributed by atoms with Crippen LogP contribution in [-0.2, 0) is 9.53 Å². The van der Waals surface area contributed by atoms with Crippen LogP contribution in [0.25, 0.3) is 0 Å². The van der Waals surface area contributed by atoms with Crippen LogP contribution in [0.4, 0.5) is 0 Å². The predicted octanol–water partition coefficient (Wildman–Crippen LogP) is 0.760. The van der Waals surface area contributed by atoms with Crippen molar-refractivity contribution in [1.82, 2.24) is 10.2 Å².